The largest absolute Gasteiger partial charge is 0.358 e. The van der Waals surface area contributed by atoms with E-state index in [1.807, 2.05) is 6.20 Å². The molecular formula is C14H15N3S. The smallest absolute Gasteiger partial charge is 0.0943 e. The van der Waals surface area contributed by atoms with Crippen LogP contribution in [0.4, 0.5) is 0 Å². The highest BCUT2D eigenvalue weighted by molar-refractivity contribution is 7.15. The molecule has 92 valence electrons. The molecule has 0 fully saturated rings. The van der Waals surface area contributed by atoms with Crippen molar-refractivity contribution >= 4 is 22.2 Å². The minimum atomic E-state index is 0.653. The van der Waals surface area contributed by atoms with E-state index in [9.17, 15) is 0 Å². The number of aryl methyl sites for hydroxylation is 1. The van der Waals surface area contributed by atoms with Gasteiger partial charge < -0.3 is 10.7 Å². The quantitative estimate of drug-likeness (QED) is 0.757. The van der Waals surface area contributed by atoms with E-state index in [4.69, 9.17) is 5.73 Å². The number of nitrogens with two attached hydrogens (primary N) is 1. The second kappa shape index (κ2) is 4.55. The van der Waals surface area contributed by atoms with Gasteiger partial charge in [0.1, 0.15) is 0 Å². The van der Waals surface area contributed by atoms with Crippen molar-refractivity contribution in [1.82, 2.24) is 9.97 Å². The molecule has 4 heteroatoms. The van der Waals surface area contributed by atoms with E-state index < -0.39 is 0 Å². The van der Waals surface area contributed by atoms with Gasteiger partial charge in [-0.25, -0.2) is 4.98 Å². The number of thiazole rings is 1. The molecule has 0 saturated carbocycles. The van der Waals surface area contributed by atoms with Crippen molar-refractivity contribution < 1.29 is 0 Å². The summed E-state index contributed by atoms with van der Waals surface area (Å²) >= 11 is 1.73. The fourth-order valence-corrected chi connectivity index (χ4v) is 3.31. The molecule has 0 saturated heterocycles. The van der Waals surface area contributed by atoms with Crippen molar-refractivity contribution in [3.63, 3.8) is 0 Å². The van der Waals surface area contributed by atoms with Crippen molar-refractivity contribution in [2.24, 2.45) is 5.73 Å². The van der Waals surface area contributed by atoms with Gasteiger partial charge in [-0.2, -0.15) is 0 Å². The summed E-state index contributed by atoms with van der Waals surface area (Å²) < 4.78 is 0. The number of aromatic amines is 1. The van der Waals surface area contributed by atoms with E-state index in [2.05, 4.69) is 41.2 Å². The van der Waals surface area contributed by atoms with E-state index in [0.717, 1.165) is 11.4 Å². The number of nitrogens with zero attached hydrogens (tertiary/aromatic N) is 1. The highest BCUT2D eigenvalue weighted by Gasteiger charge is 2.12. The van der Waals surface area contributed by atoms with Crippen LogP contribution < -0.4 is 5.73 Å². The number of benzene rings is 1. The third kappa shape index (κ3) is 1.83. The number of hydrogen-bond donors (Lipinski definition) is 2. The number of para-hydroxylation sites is 1. The first-order valence-corrected chi connectivity index (χ1v) is 6.83. The molecule has 0 aliphatic rings. The van der Waals surface area contributed by atoms with Crippen LogP contribution in [0.2, 0.25) is 0 Å². The van der Waals surface area contributed by atoms with Gasteiger partial charge in [0.15, 0.2) is 0 Å². The van der Waals surface area contributed by atoms with Crippen LogP contribution in [0.25, 0.3) is 21.3 Å². The van der Waals surface area contributed by atoms with Gasteiger partial charge in [-0.05, 0) is 19.5 Å². The predicted octanol–water partition coefficient (Wildman–Crippen LogP) is 3.10. The lowest BCUT2D eigenvalue weighted by Gasteiger charge is -1.96. The highest BCUT2D eigenvalue weighted by atomic mass is 32.1. The van der Waals surface area contributed by atoms with Crippen LogP contribution in [-0.2, 0) is 6.42 Å². The summed E-state index contributed by atoms with van der Waals surface area (Å²) in [6.07, 6.45) is 2.81. The first-order valence-electron chi connectivity index (χ1n) is 6.02. The zero-order chi connectivity index (χ0) is 12.5. The summed E-state index contributed by atoms with van der Waals surface area (Å²) in [4.78, 5) is 9.07. The normalized spacial score (nSPS) is 11.2. The topological polar surface area (TPSA) is 54.7 Å². The van der Waals surface area contributed by atoms with E-state index in [0.29, 0.717) is 6.54 Å². The molecule has 0 unspecified atom stereocenters. The van der Waals surface area contributed by atoms with Gasteiger partial charge >= 0.3 is 0 Å². The third-order valence-electron chi connectivity index (χ3n) is 3.05. The van der Waals surface area contributed by atoms with Gasteiger partial charge in [0, 0.05) is 34.8 Å². The molecule has 0 atom stereocenters. The van der Waals surface area contributed by atoms with Crippen molar-refractivity contribution in [3.8, 4) is 10.4 Å². The third-order valence-corrected chi connectivity index (χ3v) is 4.13. The van der Waals surface area contributed by atoms with E-state index in [1.165, 1.54) is 27.0 Å². The Labute approximate surface area is 110 Å². The van der Waals surface area contributed by atoms with Crippen LogP contribution >= 0.6 is 11.3 Å². The Morgan fingerprint density at radius 3 is 3.00 bits per heavy atom. The van der Waals surface area contributed by atoms with Crippen molar-refractivity contribution in [2.75, 3.05) is 6.54 Å². The maximum absolute atomic E-state index is 5.57. The number of aromatic nitrogens is 2. The zero-order valence-corrected chi connectivity index (χ0v) is 11.1. The minimum absolute atomic E-state index is 0.653. The van der Waals surface area contributed by atoms with Gasteiger partial charge in [-0.15, -0.1) is 11.3 Å². The Balaban J connectivity index is 2.15. The molecule has 2 aromatic heterocycles. The average molecular weight is 257 g/mol. The minimum Gasteiger partial charge on any atom is -0.358 e. The molecule has 0 aliphatic heterocycles. The molecule has 3 rings (SSSR count). The Bertz CT molecular complexity index is 681. The van der Waals surface area contributed by atoms with Crippen LogP contribution in [0.1, 0.15) is 10.7 Å². The van der Waals surface area contributed by atoms with Gasteiger partial charge in [-0.3, -0.25) is 0 Å². The predicted molar refractivity (Wildman–Crippen MR) is 76.9 cm³/mol. The zero-order valence-electron chi connectivity index (χ0n) is 10.2. The summed E-state index contributed by atoms with van der Waals surface area (Å²) in [5.41, 5.74) is 9.21. The number of rotatable bonds is 3. The summed E-state index contributed by atoms with van der Waals surface area (Å²) in [5, 5.41) is 2.37. The number of fused-ring (bicyclic) bond motifs is 1. The molecule has 3 N–H and O–H groups in total. The van der Waals surface area contributed by atoms with E-state index in [1.54, 1.807) is 11.3 Å². The SMILES string of the molecule is Cc1[nH]c2ccccc2c1-c1cnc(CCN)s1. The Morgan fingerprint density at radius 2 is 2.17 bits per heavy atom. The molecule has 1 aromatic carbocycles. The summed E-state index contributed by atoms with van der Waals surface area (Å²) in [6.45, 7) is 2.76. The molecule has 0 aliphatic carbocycles. The molecule has 0 radical (unpaired) electrons. The maximum Gasteiger partial charge on any atom is 0.0943 e. The molecule has 2 heterocycles. The Kier molecular flexibility index (Phi) is 2.89. The first kappa shape index (κ1) is 11.4. The standard InChI is InChI=1S/C14H15N3S/c1-9-14(10-4-2-3-5-11(10)17-9)12-8-16-13(18-12)6-7-15/h2-5,8,17H,6-7,15H2,1H3. The molecule has 3 aromatic rings. The van der Waals surface area contributed by atoms with E-state index >= 15 is 0 Å². The number of hydrogen-bond acceptors (Lipinski definition) is 3. The lowest BCUT2D eigenvalue weighted by atomic mass is 10.1. The maximum atomic E-state index is 5.57. The van der Waals surface area contributed by atoms with Gasteiger partial charge in [0.25, 0.3) is 0 Å². The van der Waals surface area contributed by atoms with E-state index in [-0.39, 0.29) is 0 Å². The van der Waals surface area contributed by atoms with Crippen LogP contribution in [0.15, 0.2) is 30.5 Å². The number of H-pyrrole nitrogens is 1. The van der Waals surface area contributed by atoms with Crippen LogP contribution in [0, 0.1) is 6.92 Å². The van der Waals surface area contributed by atoms with Gasteiger partial charge in [-0.1, -0.05) is 18.2 Å². The van der Waals surface area contributed by atoms with Crippen LogP contribution in [-0.4, -0.2) is 16.5 Å². The van der Waals surface area contributed by atoms with Gasteiger partial charge in [0.2, 0.25) is 0 Å². The average Bonchev–Trinajstić information content (AvgIpc) is 2.92. The first-order chi connectivity index (χ1) is 8.79. The van der Waals surface area contributed by atoms with Crippen molar-refractivity contribution in [2.45, 2.75) is 13.3 Å². The molecular weight excluding hydrogens is 242 g/mol. The van der Waals surface area contributed by atoms with Crippen LogP contribution in [0.3, 0.4) is 0 Å². The van der Waals surface area contributed by atoms with Crippen molar-refractivity contribution in [3.05, 3.63) is 41.2 Å². The summed E-state index contributed by atoms with van der Waals surface area (Å²) in [5.74, 6) is 0. The Morgan fingerprint density at radius 1 is 1.33 bits per heavy atom. The Hall–Kier alpha value is -1.65. The lowest BCUT2D eigenvalue weighted by molar-refractivity contribution is 0.953. The fraction of sp³-hybridized carbons (Fsp3) is 0.214. The lowest BCUT2D eigenvalue weighted by Crippen LogP contribution is -2.01. The van der Waals surface area contributed by atoms with Gasteiger partial charge in [0.05, 0.1) is 9.88 Å². The molecule has 18 heavy (non-hydrogen) atoms. The summed E-state index contributed by atoms with van der Waals surface area (Å²) in [7, 11) is 0. The molecule has 0 spiro atoms. The molecule has 3 nitrogen and oxygen atoms in total. The van der Waals surface area contributed by atoms with Crippen molar-refractivity contribution in [1.29, 1.82) is 0 Å². The molecule has 0 bridgehead atoms. The monoisotopic (exact) mass is 257 g/mol. The highest BCUT2D eigenvalue weighted by Crippen LogP contribution is 2.35. The second-order valence-electron chi connectivity index (χ2n) is 4.33. The summed E-state index contributed by atoms with van der Waals surface area (Å²) in [6, 6.07) is 8.37. The molecule has 0 amide bonds. The number of nitrogens with one attached hydrogen (secondary N) is 1. The van der Waals surface area contributed by atoms with Crippen LogP contribution in [0.5, 0.6) is 0 Å². The fourth-order valence-electron chi connectivity index (χ4n) is 2.26. The second-order valence-corrected chi connectivity index (χ2v) is 5.44.